The molecule has 20 heavy (non-hydrogen) atoms. The van der Waals surface area contributed by atoms with Gasteiger partial charge in [0.1, 0.15) is 10.0 Å². The predicted molar refractivity (Wildman–Crippen MR) is 88.7 cm³/mol. The first-order chi connectivity index (χ1) is 9.12. The molecule has 0 unspecified atom stereocenters. The van der Waals surface area contributed by atoms with E-state index in [1.807, 2.05) is 6.92 Å². The maximum atomic E-state index is 6.19. The van der Waals surface area contributed by atoms with Crippen LogP contribution in [-0.4, -0.2) is 43.6 Å². The SMILES string of the molecule is Cc1nnc(CN(C)CCCO[Si](C)(C)C(C)(C)C)s1. The van der Waals surface area contributed by atoms with Gasteiger partial charge in [-0.05, 0) is 38.5 Å². The van der Waals surface area contributed by atoms with Gasteiger partial charge >= 0.3 is 0 Å². The highest BCUT2D eigenvalue weighted by molar-refractivity contribution is 7.11. The van der Waals surface area contributed by atoms with E-state index in [1.54, 1.807) is 11.3 Å². The first-order valence-corrected chi connectivity index (χ1v) is 11.0. The molecule has 6 heteroatoms. The summed E-state index contributed by atoms with van der Waals surface area (Å²) in [6.07, 6.45) is 1.07. The molecule has 0 amide bonds. The van der Waals surface area contributed by atoms with Gasteiger partial charge in [-0.1, -0.05) is 20.8 Å². The fraction of sp³-hybridized carbons (Fsp3) is 0.857. The molecule has 1 aromatic rings. The van der Waals surface area contributed by atoms with Crippen molar-refractivity contribution in [2.24, 2.45) is 0 Å². The minimum absolute atomic E-state index is 0.295. The third-order valence-corrected chi connectivity index (χ3v) is 9.29. The van der Waals surface area contributed by atoms with Crippen LogP contribution in [0, 0.1) is 6.92 Å². The van der Waals surface area contributed by atoms with Crippen LogP contribution in [-0.2, 0) is 11.0 Å². The van der Waals surface area contributed by atoms with Crippen molar-refractivity contribution in [2.45, 2.75) is 58.8 Å². The van der Waals surface area contributed by atoms with Crippen molar-refractivity contribution in [1.29, 1.82) is 0 Å². The molecule has 0 fully saturated rings. The summed E-state index contributed by atoms with van der Waals surface area (Å²) >= 11 is 1.67. The molecule has 0 aromatic carbocycles. The number of hydrogen-bond donors (Lipinski definition) is 0. The third-order valence-electron chi connectivity index (χ3n) is 3.93. The number of rotatable bonds is 7. The molecule has 0 saturated carbocycles. The van der Waals surface area contributed by atoms with Crippen LogP contribution in [0.3, 0.4) is 0 Å². The zero-order valence-corrected chi connectivity index (χ0v) is 15.8. The van der Waals surface area contributed by atoms with E-state index in [4.69, 9.17) is 4.43 Å². The quantitative estimate of drug-likeness (QED) is 0.568. The second-order valence-corrected chi connectivity index (χ2v) is 13.0. The van der Waals surface area contributed by atoms with Gasteiger partial charge in [-0.2, -0.15) is 0 Å². The molecule has 1 heterocycles. The molecule has 4 nitrogen and oxygen atoms in total. The summed E-state index contributed by atoms with van der Waals surface area (Å²) in [5.41, 5.74) is 0. The van der Waals surface area contributed by atoms with Gasteiger partial charge in [0.2, 0.25) is 0 Å². The molecule has 0 radical (unpaired) electrons. The number of hydrogen-bond acceptors (Lipinski definition) is 5. The molecule has 1 aromatic heterocycles. The summed E-state index contributed by atoms with van der Waals surface area (Å²) in [5.74, 6) is 0. The Bertz CT molecular complexity index is 415. The van der Waals surface area contributed by atoms with Crippen LogP contribution in [0.2, 0.25) is 18.1 Å². The van der Waals surface area contributed by atoms with Crippen molar-refractivity contribution in [1.82, 2.24) is 15.1 Å². The molecule has 0 aliphatic rings. The molecule has 116 valence electrons. The zero-order chi connectivity index (χ0) is 15.4. The molecule has 0 aliphatic heterocycles. The highest BCUT2D eigenvalue weighted by Gasteiger charge is 2.36. The Balaban J connectivity index is 2.24. The van der Waals surface area contributed by atoms with Gasteiger partial charge in [0, 0.05) is 13.2 Å². The number of nitrogens with zero attached hydrogens (tertiary/aromatic N) is 3. The van der Waals surface area contributed by atoms with E-state index in [1.165, 1.54) is 0 Å². The molecule has 0 spiro atoms. The van der Waals surface area contributed by atoms with Crippen molar-refractivity contribution >= 4 is 19.7 Å². The zero-order valence-electron chi connectivity index (χ0n) is 14.0. The van der Waals surface area contributed by atoms with E-state index >= 15 is 0 Å². The summed E-state index contributed by atoms with van der Waals surface area (Å²) in [6, 6.07) is 0. The maximum absolute atomic E-state index is 6.19. The second kappa shape index (κ2) is 7.11. The second-order valence-electron chi connectivity index (χ2n) is 6.91. The average Bonchev–Trinajstić information content (AvgIpc) is 2.68. The Morgan fingerprint density at radius 3 is 2.40 bits per heavy atom. The van der Waals surface area contributed by atoms with E-state index in [2.05, 4.69) is 56.0 Å². The topological polar surface area (TPSA) is 38.2 Å². The molecular formula is C14H29N3OSSi. The average molecular weight is 316 g/mol. The molecule has 0 aliphatic carbocycles. The molecule has 1 rings (SSSR count). The first kappa shape index (κ1) is 17.7. The van der Waals surface area contributed by atoms with E-state index in [0.29, 0.717) is 5.04 Å². The summed E-state index contributed by atoms with van der Waals surface area (Å²) in [5, 5.41) is 10.6. The van der Waals surface area contributed by atoms with Crippen LogP contribution in [0.5, 0.6) is 0 Å². The van der Waals surface area contributed by atoms with Crippen molar-refractivity contribution in [2.75, 3.05) is 20.2 Å². The Labute approximate surface area is 128 Å². The smallest absolute Gasteiger partial charge is 0.191 e. The fourth-order valence-corrected chi connectivity index (χ4v) is 3.47. The molecular weight excluding hydrogens is 286 g/mol. The Morgan fingerprint density at radius 2 is 1.90 bits per heavy atom. The van der Waals surface area contributed by atoms with Gasteiger partial charge in [-0.25, -0.2) is 0 Å². The number of aromatic nitrogens is 2. The summed E-state index contributed by atoms with van der Waals surface area (Å²) < 4.78 is 6.19. The maximum Gasteiger partial charge on any atom is 0.191 e. The minimum atomic E-state index is -1.59. The van der Waals surface area contributed by atoms with Gasteiger partial charge < -0.3 is 4.43 Å². The normalized spacial score (nSPS) is 13.2. The lowest BCUT2D eigenvalue weighted by molar-refractivity contribution is 0.243. The highest BCUT2D eigenvalue weighted by atomic mass is 32.1. The van der Waals surface area contributed by atoms with Crippen LogP contribution >= 0.6 is 11.3 Å². The summed E-state index contributed by atoms with van der Waals surface area (Å²) in [7, 11) is 0.542. The monoisotopic (exact) mass is 315 g/mol. The van der Waals surface area contributed by atoms with Crippen LogP contribution in [0.25, 0.3) is 0 Å². The Kier molecular flexibility index (Phi) is 6.31. The van der Waals surface area contributed by atoms with E-state index in [-0.39, 0.29) is 0 Å². The van der Waals surface area contributed by atoms with E-state index in [0.717, 1.165) is 36.1 Å². The van der Waals surface area contributed by atoms with Crippen LogP contribution in [0.1, 0.15) is 37.2 Å². The minimum Gasteiger partial charge on any atom is -0.417 e. The molecule has 0 atom stereocenters. The Hall–Kier alpha value is -0.303. The Morgan fingerprint density at radius 1 is 1.25 bits per heavy atom. The highest BCUT2D eigenvalue weighted by Crippen LogP contribution is 2.36. The van der Waals surface area contributed by atoms with Gasteiger partial charge in [-0.3, -0.25) is 4.90 Å². The predicted octanol–water partition coefficient (Wildman–Crippen LogP) is 3.69. The van der Waals surface area contributed by atoms with Gasteiger partial charge in [0.15, 0.2) is 8.32 Å². The third kappa shape index (κ3) is 5.59. The standard InChI is InChI=1S/C14H29N3OSSi/c1-12-15-16-13(19-12)11-17(5)9-8-10-18-20(6,7)14(2,3)4/h8-11H2,1-7H3. The van der Waals surface area contributed by atoms with Gasteiger partial charge in [0.25, 0.3) is 0 Å². The van der Waals surface area contributed by atoms with Gasteiger partial charge in [0.05, 0.1) is 6.54 Å². The number of aryl methyl sites for hydroxylation is 1. The van der Waals surface area contributed by atoms with Crippen LogP contribution in [0.4, 0.5) is 0 Å². The lowest BCUT2D eigenvalue weighted by Crippen LogP contribution is -2.41. The van der Waals surface area contributed by atoms with E-state index in [9.17, 15) is 0 Å². The molecule has 0 N–H and O–H groups in total. The van der Waals surface area contributed by atoms with Gasteiger partial charge in [-0.15, -0.1) is 21.5 Å². The summed E-state index contributed by atoms with van der Waals surface area (Å²) in [4.78, 5) is 2.29. The van der Waals surface area contributed by atoms with E-state index < -0.39 is 8.32 Å². The molecule has 0 bridgehead atoms. The fourth-order valence-electron chi connectivity index (χ4n) is 1.59. The van der Waals surface area contributed by atoms with Crippen LogP contribution < -0.4 is 0 Å². The van der Waals surface area contributed by atoms with Crippen molar-refractivity contribution in [3.8, 4) is 0 Å². The van der Waals surface area contributed by atoms with Crippen molar-refractivity contribution < 1.29 is 4.43 Å². The lowest BCUT2D eigenvalue weighted by atomic mass is 10.2. The van der Waals surface area contributed by atoms with Crippen molar-refractivity contribution in [3.05, 3.63) is 10.0 Å². The largest absolute Gasteiger partial charge is 0.417 e. The molecule has 0 saturated heterocycles. The van der Waals surface area contributed by atoms with Crippen LogP contribution in [0.15, 0.2) is 0 Å². The summed E-state index contributed by atoms with van der Waals surface area (Å²) in [6.45, 7) is 16.2. The first-order valence-electron chi connectivity index (χ1n) is 7.23. The van der Waals surface area contributed by atoms with Crippen molar-refractivity contribution in [3.63, 3.8) is 0 Å². The lowest BCUT2D eigenvalue weighted by Gasteiger charge is -2.36.